The van der Waals surface area contributed by atoms with Gasteiger partial charge in [-0.15, -0.1) is 0 Å². The van der Waals surface area contributed by atoms with E-state index in [0.717, 1.165) is 5.56 Å². The molecule has 0 heterocycles. The highest BCUT2D eigenvalue weighted by Gasteiger charge is 2.14. The van der Waals surface area contributed by atoms with E-state index in [0.29, 0.717) is 39.2 Å². The molecule has 1 amide bonds. The third kappa shape index (κ3) is 4.61. The van der Waals surface area contributed by atoms with E-state index in [4.69, 9.17) is 34.8 Å². The highest BCUT2D eigenvalue weighted by atomic mass is 35.5. The van der Waals surface area contributed by atoms with E-state index in [9.17, 15) is 9.90 Å². The summed E-state index contributed by atoms with van der Waals surface area (Å²) in [6.45, 7) is 2.14. The average molecular weight is 373 g/mol. The molecule has 6 heteroatoms. The summed E-state index contributed by atoms with van der Waals surface area (Å²) in [4.78, 5) is 12.2. The molecule has 0 saturated carbocycles. The fourth-order valence-corrected chi connectivity index (χ4v) is 2.83. The predicted octanol–water partition coefficient (Wildman–Crippen LogP) is 4.81. The maximum Gasteiger partial charge on any atom is 0.253 e. The van der Waals surface area contributed by atoms with E-state index in [1.165, 1.54) is 0 Å². The number of aryl methyl sites for hydroxylation is 1. The van der Waals surface area contributed by atoms with Crippen molar-refractivity contribution in [2.24, 2.45) is 0 Å². The van der Waals surface area contributed by atoms with E-state index < -0.39 is 6.10 Å². The first kappa shape index (κ1) is 18.1. The molecule has 0 spiro atoms. The average Bonchev–Trinajstić information content (AvgIpc) is 2.49. The van der Waals surface area contributed by atoms with Crippen molar-refractivity contribution in [2.45, 2.75) is 19.4 Å². The standard InChI is InChI=1S/C17H16Cl3NO2/c1-10-3-2-4-13(19)16(10)17(23)21-8-7-15(22)11-5-6-12(18)14(20)9-11/h2-6,9,15,22H,7-8H2,1H3,(H,21,23). The summed E-state index contributed by atoms with van der Waals surface area (Å²) in [6.07, 6.45) is -0.384. The number of nitrogens with one attached hydrogen (secondary N) is 1. The van der Waals surface area contributed by atoms with Crippen LogP contribution in [0.5, 0.6) is 0 Å². The number of rotatable bonds is 5. The lowest BCUT2D eigenvalue weighted by atomic mass is 10.1. The van der Waals surface area contributed by atoms with Gasteiger partial charge in [-0.1, -0.05) is 53.0 Å². The Bertz CT molecular complexity index is 699. The molecule has 122 valence electrons. The molecule has 2 rings (SSSR count). The second-order valence-corrected chi connectivity index (χ2v) is 6.39. The van der Waals surface area contributed by atoms with Crippen LogP contribution in [0.25, 0.3) is 0 Å². The summed E-state index contributed by atoms with van der Waals surface area (Å²) in [7, 11) is 0. The van der Waals surface area contributed by atoms with Crippen molar-refractivity contribution in [3.05, 3.63) is 68.2 Å². The van der Waals surface area contributed by atoms with Gasteiger partial charge >= 0.3 is 0 Å². The zero-order valence-corrected chi connectivity index (χ0v) is 14.7. The smallest absolute Gasteiger partial charge is 0.253 e. The zero-order valence-electron chi connectivity index (χ0n) is 12.4. The van der Waals surface area contributed by atoms with Gasteiger partial charge in [0, 0.05) is 6.54 Å². The van der Waals surface area contributed by atoms with Crippen LogP contribution in [0, 0.1) is 6.92 Å². The van der Waals surface area contributed by atoms with Crippen LogP contribution >= 0.6 is 34.8 Å². The van der Waals surface area contributed by atoms with Crippen molar-refractivity contribution >= 4 is 40.7 Å². The van der Waals surface area contributed by atoms with Crippen molar-refractivity contribution < 1.29 is 9.90 Å². The minimum absolute atomic E-state index is 0.255. The molecule has 0 radical (unpaired) electrons. The molecule has 0 fully saturated rings. The first-order valence-electron chi connectivity index (χ1n) is 7.06. The summed E-state index contributed by atoms with van der Waals surface area (Å²) in [6, 6.07) is 10.3. The highest BCUT2D eigenvalue weighted by Crippen LogP contribution is 2.26. The number of hydrogen-bond acceptors (Lipinski definition) is 2. The topological polar surface area (TPSA) is 49.3 Å². The van der Waals surface area contributed by atoms with E-state index in [-0.39, 0.29) is 5.91 Å². The van der Waals surface area contributed by atoms with E-state index in [2.05, 4.69) is 5.32 Å². The van der Waals surface area contributed by atoms with Gasteiger partial charge in [-0.2, -0.15) is 0 Å². The minimum Gasteiger partial charge on any atom is -0.388 e. The molecule has 2 N–H and O–H groups in total. The van der Waals surface area contributed by atoms with E-state index in [1.54, 1.807) is 30.3 Å². The summed E-state index contributed by atoms with van der Waals surface area (Å²) in [5, 5.41) is 14.1. The predicted molar refractivity (Wildman–Crippen MR) is 94.6 cm³/mol. The second kappa shape index (κ2) is 8.02. The SMILES string of the molecule is Cc1cccc(Cl)c1C(=O)NCCC(O)c1ccc(Cl)c(Cl)c1. The number of hydrogen-bond donors (Lipinski definition) is 2. The van der Waals surface area contributed by atoms with Crippen LogP contribution in [0.15, 0.2) is 36.4 Å². The molecule has 0 aromatic heterocycles. The lowest BCUT2D eigenvalue weighted by molar-refractivity contribution is 0.0942. The minimum atomic E-state index is -0.739. The monoisotopic (exact) mass is 371 g/mol. The quantitative estimate of drug-likeness (QED) is 0.791. The highest BCUT2D eigenvalue weighted by molar-refractivity contribution is 6.42. The molecule has 0 aliphatic heterocycles. The van der Waals surface area contributed by atoms with Crippen LogP contribution in [-0.2, 0) is 0 Å². The lowest BCUT2D eigenvalue weighted by Gasteiger charge is -2.13. The van der Waals surface area contributed by atoms with Gasteiger partial charge in [-0.05, 0) is 42.7 Å². The van der Waals surface area contributed by atoms with Gasteiger partial charge < -0.3 is 10.4 Å². The summed E-state index contributed by atoms with van der Waals surface area (Å²) in [5.74, 6) is -0.255. The third-order valence-electron chi connectivity index (χ3n) is 3.48. The van der Waals surface area contributed by atoms with Gasteiger partial charge in [0.25, 0.3) is 5.91 Å². The first-order chi connectivity index (χ1) is 10.9. The second-order valence-electron chi connectivity index (χ2n) is 5.17. The van der Waals surface area contributed by atoms with Gasteiger partial charge in [-0.25, -0.2) is 0 Å². The Balaban J connectivity index is 1.94. The van der Waals surface area contributed by atoms with Crippen LogP contribution in [0.4, 0.5) is 0 Å². The van der Waals surface area contributed by atoms with Crippen LogP contribution in [-0.4, -0.2) is 17.6 Å². The lowest BCUT2D eigenvalue weighted by Crippen LogP contribution is -2.26. The molecular weight excluding hydrogens is 357 g/mol. The molecule has 0 bridgehead atoms. The third-order valence-corrected chi connectivity index (χ3v) is 4.53. The largest absolute Gasteiger partial charge is 0.388 e. The Hall–Kier alpha value is -1.26. The Kier molecular flexibility index (Phi) is 6.31. The van der Waals surface area contributed by atoms with Crippen molar-refractivity contribution in [3.63, 3.8) is 0 Å². The Morgan fingerprint density at radius 3 is 2.52 bits per heavy atom. The normalized spacial score (nSPS) is 12.0. The fourth-order valence-electron chi connectivity index (χ4n) is 2.22. The summed E-state index contributed by atoms with van der Waals surface area (Å²) in [5.41, 5.74) is 1.92. The number of halogens is 3. The van der Waals surface area contributed by atoms with Crippen LogP contribution in [0.3, 0.4) is 0 Å². The molecule has 2 aromatic rings. The molecule has 2 aromatic carbocycles. The van der Waals surface area contributed by atoms with Gasteiger partial charge in [0.05, 0.1) is 26.7 Å². The van der Waals surface area contributed by atoms with Gasteiger partial charge in [0.15, 0.2) is 0 Å². The number of benzene rings is 2. The maximum atomic E-state index is 12.2. The van der Waals surface area contributed by atoms with Crippen LogP contribution < -0.4 is 5.32 Å². The van der Waals surface area contributed by atoms with Crippen molar-refractivity contribution in [3.8, 4) is 0 Å². The molecule has 1 atom stereocenters. The molecule has 0 aliphatic carbocycles. The van der Waals surface area contributed by atoms with Gasteiger partial charge in [0.1, 0.15) is 0 Å². The van der Waals surface area contributed by atoms with Gasteiger partial charge in [0.2, 0.25) is 0 Å². The van der Waals surface area contributed by atoms with Crippen molar-refractivity contribution in [1.29, 1.82) is 0 Å². The number of carbonyl (C=O) groups excluding carboxylic acids is 1. The molecule has 0 aliphatic rings. The number of carbonyl (C=O) groups is 1. The summed E-state index contributed by atoms with van der Waals surface area (Å²) >= 11 is 17.8. The van der Waals surface area contributed by atoms with E-state index >= 15 is 0 Å². The molecule has 1 unspecified atom stereocenters. The van der Waals surface area contributed by atoms with E-state index in [1.807, 2.05) is 13.0 Å². The van der Waals surface area contributed by atoms with Crippen molar-refractivity contribution in [2.75, 3.05) is 6.54 Å². The molecule has 0 saturated heterocycles. The van der Waals surface area contributed by atoms with Crippen molar-refractivity contribution in [1.82, 2.24) is 5.32 Å². The number of amides is 1. The molecular formula is C17H16Cl3NO2. The Labute approximate surface area is 150 Å². The number of aliphatic hydroxyl groups excluding tert-OH is 1. The Morgan fingerprint density at radius 1 is 1.13 bits per heavy atom. The van der Waals surface area contributed by atoms with Crippen LogP contribution in [0.1, 0.15) is 34.0 Å². The fraction of sp³-hybridized carbons (Fsp3) is 0.235. The maximum absolute atomic E-state index is 12.2. The Morgan fingerprint density at radius 2 is 1.87 bits per heavy atom. The van der Waals surface area contributed by atoms with Crippen LogP contribution in [0.2, 0.25) is 15.1 Å². The number of aliphatic hydroxyl groups is 1. The first-order valence-corrected chi connectivity index (χ1v) is 8.20. The molecule has 23 heavy (non-hydrogen) atoms. The summed E-state index contributed by atoms with van der Waals surface area (Å²) < 4.78 is 0. The van der Waals surface area contributed by atoms with Gasteiger partial charge in [-0.3, -0.25) is 4.79 Å². The molecule has 3 nitrogen and oxygen atoms in total. The zero-order chi connectivity index (χ0) is 17.0.